The number of esters is 1. The van der Waals surface area contributed by atoms with Gasteiger partial charge in [0.2, 0.25) is 0 Å². The van der Waals surface area contributed by atoms with E-state index in [-0.39, 0.29) is 24.4 Å². The van der Waals surface area contributed by atoms with Crippen LogP contribution in [0, 0.1) is 5.92 Å². The van der Waals surface area contributed by atoms with Gasteiger partial charge in [0.1, 0.15) is 11.9 Å². The van der Waals surface area contributed by atoms with Gasteiger partial charge >= 0.3 is 5.97 Å². The average molecular weight is 398 g/mol. The molecule has 1 saturated carbocycles. The maximum atomic E-state index is 12.4. The Kier molecular flexibility index (Phi) is 6.93. The number of hydrogen-bond donors (Lipinski definition) is 1. The van der Waals surface area contributed by atoms with Crippen LogP contribution >= 0.6 is 0 Å². The van der Waals surface area contributed by atoms with E-state index in [0.29, 0.717) is 25.8 Å². The zero-order chi connectivity index (χ0) is 20.9. The van der Waals surface area contributed by atoms with Gasteiger partial charge < -0.3 is 19.5 Å². The summed E-state index contributed by atoms with van der Waals surface area (Å²) in [5, 5.41) is 11.6. The van der Waals surface area contributed by atoms with Crippen LogP contribution in [0.25, 0.3) is 0 Å². The van der Waals surface area contributed by atoms with Gasteiger partial charge in [0.15, 0.2) is 0 Å². The number of rotatable bonds is 7. The molecule has 0 radical (unpaired) electrons. The Balaban J connectivity index is 1.72. The van der Waals surface area contributed by atoms with Crippen molar-refractivity contribution in [1.82, 2.24) is 4.90 Å². The molecule has 2 aromatic rings. The Hall–Kier alpha value is -2.37. The quantitative estimate of drug-likeness (QED) is 0.726. The van der Waals surface area contributed by atoms with Crippen LogP contribution < -0.4 is 4.74 Å². The van der Waals surface area contributed by atoms with E-state index in [1.165, 1.54) is 0 Å². The molecule has 0 spiro atoms. The Bertz CT molecular complexity index is 808. The lowest BCUT2D eigenvalue weighted by Crippen LogP contribution is -2.47. The zero-order valence-corrected chi connectivity index (χ0v) is 17.5. The summed E-state index contributed by atoms with van der Waals surface area (Å²) in [6.07, 6.45) is 1.91. The summed E-state index contributed by atoms with van der Waals surface area (Å²) in [6.45, 7) is 0.709. The lowest BCUT2D eigenvalue weighted by atomic mass is 9.70. The van der Waals surface area contributed by atoms with E-state index in [1.54, 1.807) is 7.11 Å². The Morgan fingerprint density at radius 3 is 2.62 bits per heavy atom. The van der Waals surface area contributed by atoms with Crippen LogP contribution in [0.5, 0.6) is 5.75 Å². The van der Waals surface area contributed by atoms with Crippen LogP contribution in [-0.4, -0.2) is 49.8 Å². The topological polar surface area (TPSA) is 59.0 Å². The minimum absolute atomic E-state index is 0.0483. The fourth-order valence-corrected chi connectivity index (χ4v) is 4.25. The molecular weight excluding hydrogens is 366 g/mol. The van der Waals surface area contributed by atoms with Gasteiger partial charge in [-0.25, -0.2) is 0 Å². The molecule has 1 N–H and O–H groups in total. The van der Waals surface area contributed by atoms with Gasteiger partial charge in [-0.05, 0) is 56.6 Å². The van der Waals surface area contributed by atoms with Crippen LogP contribution in [-0.2, 0) is 21.6 Å². The second-order valence-electron chi connectivity index (χ2n) is 8.16. The molecule has 29 heavy (non-hydrogen) atoms. The summed E-state index contributed by atoms with van der Waals surface area (Å²) in [7, 11) is 5.62. The minimum atomic E-state index is -0.971. The lowest BCUT2D eigenvalue weighted by Gasteiger charge is -2.44. The van der Waals surface area contributed by atoms with Gasteiger partial charge in [0.05, 0.1) is 19.1 Å². The second-order valence-corrected chi connectivity index (χ2v) is 8.16. The van der Waals surface area contributed by atoms with Crippen molar-refractivity contribution < 1.29 is 19.4 Å². The first kappa shape index (κ1) is 21.3. The molecule has 0 saturated heterocycles. The second kappa shape index (κ2) is 9.42. The van der Waals surface area contributed by atoms with Gasteiger partial charge in [-0.3, -0.25) is 4.79 Å². The van der Waals surface area contributed by atoms with Crippen molar-refractivity contribution >= 4 is 5.97 Å². The summed E-state index contributed by atoms with van der Waals surface area (Å²) in [5.41, 5.74) is 0.838. The Labute approximate surface area is 173 Å². The molecule has 156 valence electrons. The standard InChI is InChI=1S/C24H31NO4/c1-25(2)17-20-16-22(29-23(26)14-18-8-5-4-6-9-18)12-13-24(20,27)19-10-7-11-21(15-19)28-3/h4-11,15,20,22,27H,12-14,16-17H2,1-3H3. The Morgan fingerprint density at radius 1 is 1.17 bits per heavy atom. The zero-order valence-electron chi connectivity index (χ0n) is 17.5. The highest BCUT2D eigenvalue weighted by Crippen LogP contribution is 2.43. The van der Waals surface area contributed by atoms with Crippen LogP contribution in [0.4, 0.5) is 0 Å². The van der Waals surface area contributed by atoms with Gasteiger partial charge in [0, 0.05) is 12.5 Å². The molecule has 1 aliphatic rings. The van der Waals surface area contributed by atoms with E-state index in [9.17, 15) is 9.90 Å². The highest BCUT2D eigenvalue weighted by Gasteiger charge is 2.44. The molecule has 0 amide bonds. The minimum Gasteiger partial charge on any atom is -0.497 e. The molecule has 0 heterocycles. The molecule has 2 aromatic carbocycles. The van der Waals surface area contributed by atoms with Crippen molar-refractivity contribution in [2.75, 3.05) is 27.7 Å². The average Bonchev–Trinajstić information content (AvgIpc) is 2.71. The first-order chi connectivity index (χ1) is 13.9. The van der Waals surface area contributed by atoms with Crippen LogP contribution in [0.15, 0.2) is 54.6 Å². The number of carbonyl (C=O) groups excluding carboxylic acids is 1. The monoisotopic (exact) mass is 397 g/mol. The van der Waals surface area contributed by atoms with Crippen molar-refractivity contribution in [1.29, 1.82) is 0 Å². The van der Waals surface area contributed by atoms with Crippen LogP contribution in [0.2, 0.25) is 0 Å². The van der Waals surface area contributed by atoms with E-state index in [4.69, 9.17) is 9.47 Å². The predicted molar refractivity (Wildman–Crippen MR) is 113 cm³/mol. The van der Waals surface area contributed by atoms with Gasteiger partial charge in [-0.1, -0.05) is 42.5 Å². The highest BCUT2D eigenvalue weighted by atomic mass is 16.5. The van der Waals surface area contributed by atoms with E-state index in [1.807, 2.05) is 68.7 Å². The van der Waals surface area contributed by atoms with Crippen LogP contribution in [0.3, 0.4) is 0 Å². The van der Waals surface area contributed by atoms with Crippen molar-refractivity contribution in [2.24, 2.45) is 5.92 Å². The summed E-state index contributed by atoms with van der Waals surface area (Å²) in [5.74, 6) is 0.473. The summed E-state index contributed by atoms with van der Waals surface area (Å²) in [4.78, 5) is 14.5. The van der Waals surface area contributed by atoms with Gasteiger partial charge in [0.25, 0.3) is 0 Å². The third-order valence-corrected chi connectivity index (χ3v) is 5.71. The summed E-state index contributed by atoms with van der Waals surface area (Å²) >= 11 is 0. The number of carbonyl (C=O) groups is 1. The largest absolute Gasteiger partial charge is 0.497 e. The lowest BCUT2D eigenvalue weighted by molar-refractivity contribution is -0.158. The number of benzene rings is 2. The SMILES string of the molecule is COc1cccc(C2(O)CCC(OC(=O)Cc3ccccc3)CC2CN(C)C)c1. The third-order valence-electron chi connectivity index (χ3n) is 5.71. The first-order valence-electron chi connectivity index (χ1n) is 10.2. The molecule has 0 bridgehead atoms. The molecule has 5 nitrogen and oxygen atoms in total. The van der Waals surface area contributed by atoms with E-state index >= 15 is 0 Å². The molecule has 0 aliphatic heterocycles. The smallest absolute Gasteiger partial charge is 0.310 e. The fraction of sp³-hybridized carbons (Fsp3) is 0.458. The van der Waals surface area contributed by atoms with Crippen molar-refractivity contribution in [2.45, 2.75) is 37.4 Å². The first-order valence-corrected chi connectivity index (χ1v) is 10.2. The molecule has 1 fully saturated rings. The molecular formula is C24H31NO4. The summed E-state index contributed by atoms with van der Waals surface area (Å²) in [6, 6.07) is 17.3. The van der Waals surface area contributed by atoms with Gasteiger partial charge in [-0.15, -0.1) is 0 Å². The number of methoxy groups -OCH3 is 1. The van der Waals surface area contributed by atoms with E-state index in [2.05, 4.69) is 4.90 Å². The van der Waals surface area contributed by atoms with Gasteiger partial charge in [-0.2, -0.15) is 0 Å². The number of hydrogen-bond acceptors (Lipinski definition) is 5. The number of ether oxygens (including phenoxy) is 2. The molecule has 3 atom stereocenters. The maximum absolute atomic E-state index is 12.4. The van der Waals surface area contributed by atoms with Crippen LogP contribution in [0.1, 0.15) is 30.4 Å². The number of nitrogens with zero attached hydrogens (tertiary/aromatic N) is 1. The van der Waals surface area contributed by atoms with E-state index in [0.717, 1.165) is 16.9 Å². The maximum Gasteiger partial charge on any atom is 0.310 e. The Morgan fingerprint density at radius 2 is 1.93 bits per heavy atom. The normalized spacial score (nSPS) is 24.3. The predicted octanol–water partition coefficient (Wildman–Crippen LogP) is 3.40. The summed E-state index contributed by atoms with van der Waals surface area (Å²) < 4.78 is 11.1. The molecule has 1 aliphatic carbocycles. The molecule has 0 aromatic heterocycles. The van der Waals surface area contributed by atoms with E-state index < -0.39 is 5.60 Å². The third kappa shape index (κ3) is 5.37. The molecule has 3 unspecified atom stereocenters. The molecule has 3 rings (SSSR count). The highest BCUT2D eigenvalue weighted by molar-refractivity contribution is 5.72. The van der Waals surface area contributed by atoms with Crippen molar-refractivity contribution in [3.63, 3.8) is 0 Å². The fourth-order valence-electron chi connectivity index (χ4n) is 4.25. The molecule has 5 heteroatoms. The number of aliphatic hydroxyl groups is 1. The van der Waals surface area contributed by atoms with Crippen molar-refractivity contribution in [3.05, 3.63) is 65.7 Å². The van der Waals surface area contributed by atoms with Crippen molar-refractivity contribution in [3.8, 4) is 5.75 Å².